The molecule has 0 bridgehead atoms. The normalized spacial score (nSPS) is 12.6. The molecule has 0 amide bonds. The summed E-state index contributed by atoms with van der Waals surface area (Å²) in [4.78, 5) is 6.04. The molecule has 0 fully saturated rings. The Balaban J connectivity index is 1.68. The molecule has 0 spiro atoms. The molecule has 0 saturated carbocycles. The summed E-state index contributed by atoms with van der Waals surface area (Å²) in [5, 5.41) is 6.79. The molecule has 21 heavy (non-hydrogen) atoms. The van der Waals surface area contributed by atoms with E-state index in [0.717, 1.165) is 18.4 Å². The first kappa shape index (κ1) is 14.2. The Kier molecular flexibility index (Phi) is 4.63. The van der Waals surface area contributed by atoms with Gasteiger partial charge in [0.15, 0.2) is 0 Å². The molecule has 0 aliphatic heterocycles. The zero-order valence-corrected chi connectivity index (χ0v) is 13.1. The number of pyridine rings is 1. The Morgan fingerprint density at radius 1 is 1.19 bits per heavy atom. The standard InChI is InChI=1S/C18H20N2S/c1-19-17(10-4-7-16-8-5-11-21-16)15-12-14-6-2-3-9-18(14)20-13-15/h2-3,5-6,8-9,11-13,17,19H,4,7,10H2,1H3. The molecule has 2 nitrogen and oxygen atoms in total. The van der Waals surface area contributed by atoms with Crippen molar-refractivity contribution >= 4 is 22.2 Å². The van der Waals surface area contributed by atoms with E-state index in [9.17, 15) is 0 Å². The number of benzene rings is 1. The zero-order valence-electron chi connectivity index (χ0n) is 12.3. The highest BCUT2D eigenvalue weighted by Gasteiger charge is 2.10. The molecule has 0 radical (unpaired) electrons. The summed E-state index contributed by atoms with van der Waals surface area (Å²) in [7, 11) is 2.03. The van der Waals surface area contributed by atoms with E-state index in [1.807, 2.05) is 30.6 Å². The third-order valence-corrected chi connectivity index (χ3v) is 4.79. The van der Waals surface area contributed by atoms with Crippen LogP contribution in [0.25, 0.3) is 10.9 Å². The lowest BCUT2D eigenvalue weighted by atomic mass is 10.0. The molecule has 1 atom stereocenters. The molecule has 1 aromatic carbocycles. The van der Waals surface area contributed by atoms with Gasteiger partial charge in [0, 0.05) is 22.5 Å². The van der Waals surface area contributed by atoms with Crippen LogP contribution in [0.3, 0.4) is 0 Å². The first-order valence-corrected chi connectivity index (χ1v) is 8.29. The van der Waals surface area contributed by atoms with Crippen LogP contribution in [0.4, 0.5) is 0 Å². The molecule has 3 heteroatoms. The van der Waals surface area contributed by atoms with Crippen LogP contribution in [0.15, 0.2) is 54.0 Å². The predicted molar refractivity (Wildman–Crippen MR) is 90.8 cm³/mol. The topological polar surface area (TPSA) is 24.9 Å². The van der Waals surface area contributed by atoms with Gasteiger partial charge in [-0.25, -0.2) is 0 Å². The lowest BCUT2D eigenvalue weighted by Gasteiger charge is -2.16. The van der Waals surface area contributed by atoms with E-state index < -0.39 is 0 Å². The molecule has 2 aromatic heterocycles. The summed E-state index contributed by atoms with van der Waals surface area (Å²) in [5.74, 6) is 0. The van der Waals surface area contributed by atoms with Crippen LogP contribution in [-0.4, -0.2) is 12.0 Å². The second-order valence-corrected chi connectivity index (χ2v) is 6.31. The number of rotatable bonds is 6. The van der Waals surface area contributed by atoms with Gasteiger partial charge >= 0.3 is 0 Å². The van der Waals surface area contributed by atoms with E-state index in [1.165, 1.54) is 22.2 Å². The lowest BCUT2D eigenvalue weighted by Crippen LogP contribution is -2.16. The van der Waals surface area contributed by atoms with Gasteiger partial charge in [0.2, 0.25) is 0 Å². The van der Waals surface area contributed by atoms with Crippen molar-refractivity contribution in [2.24, 2.45) is 0 Å². The van der Waals surface area contributed by atoms with Crippen LogP contribution in [0.2, 0.25) is 0 Å². The fraction of sp³-hybridized carbons (Fsp3) is 0.278. The quantitative estimate of drug-likeness (QED) is 0.720. The van der Waals surface area contributed by atoms with Crippen molar-refractivity contribution in [3.05, 3.63) is 64.5 Å². The number of para-hydroxylation sites is 1. The van der Waals surface area contributed by atoms with Gasteiger partial charge in [0.25, 0.3) is 0 Å². The van der Waals surface area contributed by atoms with Crippen molar-refractivity contribution in [3.63, 3.8) is 0 Å². The molecule has 3 aromatic rings. The summed E-state index contributed by atoms with van der Waals surface area (Å²) in [5.41, 5.74) is 2.34. The minimum Gasteiger partial charge on any atom is -0.313 e. The van der Waals surface area contributed by atoms with Gasteiger partial charge in [0.1, 0.15) is 0 Å². The van der Waals surface area contributed by atoms with Gasteiger partial charge in [-0.3, -0.25) is 4.98 Å². The number of nitrogens with zero attached hydrogens (tertiary/aromatic N) is 1. The average molecular weight is 296 g/mol. The van der Waals surface area contributed by atoms with Gasteiger partial charge in [-0.15, -0.1) is 11.3 Å². The molecule has 1 N–H and O–H groups in total. The first-order chi connectivity index (χ1) is 10.4. The molecule has 1 unspecified atom stereocenters. The second kappa shape index (κ2) is 6.83. The van der Waals surface area contributed by atoms with Crippen LogP contribution in [0.1, 0.15) is 29.3 Å². The van der Waals surface area contributed by atoms with Gasteiger partial charge in [-0.1, -0.05) is 24.3 Å². The number of nitrogens with one attached hydrogen (secondary N) is 1. The number of fused-ring (bicyclic) bond motifs is 1. The maximum Gasteiger partial charge on any atom is 0.0702 e. The highest BCUT2D eigenvalue weighted by molar-refractivity contribution is 7.09. The minimum absolute atomic E-state index is 0.377. The monoisotopic (exact) mass is 296 g/mol. The van der Waals surface area contributed by atoms with E-state index in [2.05, 4.69) is 52.1 Å². The Labute approximate surface area is 129 Å². The zero-order chi connectivity index (χ0) is 14.5. The lowest BCUT2D eigenvalue weighted by molar-refractivity contribution is 0.527. The summed E-state index contributed by atoms with van der Waals surface area (Å²) in [6.07, 6.45) is 5.50. The fourth-order valence-corrected chi connectivity index (χ4v) is 3.44. The van der Waals surface area contributed by atoms with Crippen molar-refractivity contribution in [1.29, 1.82) is 0 Å². The van der Waals surface area contributed by atoms with E-state index in [-0.39, 0.29) is 0 Å². The molecule has 0 saturated heterocycles. The van der Waals surface area contributed by atoms with Crippen LogP contribution < -0.4 is 5.32 Å². The van der Waals surface area contributed by atoms with Crippen LogP contribution in [0.5, 0.6) is 0 Å². The highest BCUT2D eigenvalue weighted by atomic mass is 32.1. The number of hydrogen-bond acceptors (Lipinski definition) is 3. The Bertz CT molecular complexity index is 691. The third-order valence-electron chi connectivity index (χ3n) is 3.86. The largest absolute Gasteiger partial charge is 0.313 e. The molecular formula is C18H20N2S. The number of aryl methyl sites for hydroxylation is 1. The van der Waals surface area contributed by atoms with E-state index in [4.69, 9.17) is 0 Å². The second-order valence-electron chi connectivity index (χ2n) is 5.27. The first-order valence-electron chi connectivity index (χ1n) is 7.41. The summed E-state index contributed by atoms with van der Waals surface area (Å²) in [6, 6.07) is 15.3. The van der Waals surface area contributed by atoms with Crippen LogP contribution in [0, 0.1) is 0 Å². The smallest absolute Gasteiger partial charge is 0.0702 e. The predicted octanol–water partition coefficient (Wildman–Crippen LogP) is 4.58. The van der Waals surface area contributed by atoms with Crippen molar-refractivity contribution in [1.82, 2.24) is 10.3 Å². The van der Waals surface area contributed by atoms with E-state index >= 15 is 0 Å². The molecule has 108 valence electrons. The average Bonchev–Trinajstić information content (AvgIpc) is 3.04. The minimum atomic E-state index is 0.377. The van der Waals surface area contributed by atoms with Crippen molar-refractivity contribution in [3.8, 4) is 0 Å². The Morgan fingerprint density at radius 2 is 2.10 bits per heavy atom. The molecule has 3 rings (SSSR count). The van der Waals surface area contributed by atoms with Crippen LogP contribution >= 0.6 is 11.3 Å². The SMILES string of the molecule is CNC(CCCc1cccs1)c1cnc2ccccc2c1. The van der Waals surface area contributed by atoms with E-state index in [0.29, 0.717) is 6.04 Å². The van der Waals surface area contributed by atoms with Gasteiger partial charge in [-0.2, -0.15) is 0 Å². The summed E-state index contributed by atoms with van der Waals surface area (Å²) in [6.45, 7) is 0. The van der Waals surface area contributed by atoms with Crippen molar-refractivity contribution in [2.45, 2.75) is 25.3 Å². The highest BCUT2D eigenvalue weighted by Crippen LogP contribution is 2.23. The Morgan fingerprint density at radius 3 is 2.90 bits per heavy atom. The Hall–Kier alpha value is -1.71. The maximum absolute atomic E-state index is 4.57. The molecular weight excluding hydrogens is 276 g/mol. The van der Waals surface area contributed by atoms with Crippen molar-refractivity contribution in [2.75, 3.05) is 7.05 Å². The van der Waals surface area contributed by atoms with Crippen molar-refractivity contribution < 1.29 is 0 Å². The van der Waals surface area contributed by atoms with Crippen LogP contribution in [-0.2, 0) is 6.42 Å². The number of hydrogen-bond donors (Lipinski definition) is 1. The summed E-state index contributed by atoms with van der Waals surface area (Å²) >= 11 is 1.85. The molecule has 0 aliphatic rings. The molecule has 0 aliphatic carbocycles. The van der Waals surface area contributed by atoms with E-state index in [1.54, 1.807) is 0 Å². The van der Waals surface area contributed by atoms with Gasteiger partial charge in [-0.05, 0) is 55.5 Å². The number of aromatic nitrogens is 1. The van der Waals surface area contributed by atoms with Gasteiger partial charge < -0.3 is 5.32 Å². The summed E-state index contributed by atoms with van der Waals surface area (Å²) < 4.78 is 0. The molecule has 2 heterocycles. The third kappa shape index (κ3) is 3.49. The number of thiophene rings is 1. The van der Waals surface area contributed by atoms with Gasteiger partial charge in [0.05, 0.1) is 5.52 Å². The maximum atomic E-state index is 4.57. The fourth-order valence-electron chi connectivity index (χ4n) is 2.69.